The quantitative estimate of drug-likeness (QED) is 0.729. The third-order valence-electron chi connectivity index (χ3n) is 3.56. The van der Waals surface area contributed by atoms with Gasteiger partial charge in [-0.15, -0.1) is 0 Å². The lowest BCUT2D eigenvalue weighted by atomic mass is 9.86. The van der Waals surface area contributed by atoms with E-state index in [9.17, 15) is 0 Å². The average Bonchev–Trinajstić information content (AvgIpc) is 2.76. The number of aryl methyl sites for hydroxylation is 1. The molecule has 0 saturated carbocycles. The van der Waals surface area contributed by atoms with Gasteiger partial charge < -0.3 is 9.84 Å². The second kappa shape index (κ2) is 2.88. The molecule has 2 aromatic rings. The first kappa shape index (κ1) is 8.39. The molecule has 1 aromatic carbocycles. The molecule has 0 bridgehead atoms. The van der Waals surface area contributed by atoms with E-state index in [0.717, 1.165) is 17.9 Å². The second-order valence-corrected chi connectivity index (χ2v) is 4.50. The minimum atomic E-state index is 0.403. The van der Waals surface area contributed by atoms with Gasteiger partial charge in [-0.2, -0.15) is 0 Å². The van der Waals surface area contributed by atoms with Crippen LogP contribution >= 0.6 is 0 Å². The molecular weight excluding hydrogens is 200 g/mol. The molecule has 16 heavy (non-hydrogen) atoms. The zero-order valence-corrected chi connectivity index (χ0v) is 8.86. The summed E-state index contributed by atoms with van der Waals surface area (Å²) in [6, 6.07) is 8.72. The van der Waals surface area contributed by atoms with Gasteiger partial charge in [0, 0.05) is 23.2 Å². The molecule has 2 aliphatic rings. The summed E-state index contributed by atoms with van der Waals surface area (Å²) in [6.45, 7) is 0. The van der Waals surface area contributed by atoms with E-state index in [0.29, 0.717) is 6.04 Å². The molecule has 80 valence electrons. The van der Waals surface area contributed by atoms with E-state index in [4.69, 9.17) is 4.52 Å². The Bertz CT molecular complexity index is 559. The molecule has 1 aliphatic carbocycles. The molecule has 3 nitrogen and oxygen atoms in total. The number of rotatable bonds is 0. The Labute approximate surface area is 93.5 Å². The van der Waals surface area contributed by atoms with Crippen LogP contribution in [0, 0.1) is 0 Å². The van der Waals surface area contributed by atoms with Crippen LogP contribution in [0.25, 0.3) is 11.3 Å². The maximum atomic E-state index is 5.46. The van der Waals surface area contributed by atoms with Gasteiger partial charge in [-0.3, -0.25) is 0 Å². The highest BCUT2D eigenvalue weighted by Gasteiger charge is 2.33. The maximum Gasteiger partial charge on any atom is 0.142 e. The number of hydrogen-bond donors (Lipinski definition) is 1. The average molecular weight is 212 g/mol. The fraction of sp³-hybridized carbons (Fsp3) is 0.308. The van der Waals surface area contributed by atoms with E-state index in [1.54, 1.807) is 0 Å². The van der Waals surface area contributed by atoms with E-state index in [2.05, 4.69) is 28.7 Å². The Balaban J connectivity index is 2.02. The minimum Gasteiger partial charge on any atom is -0.377 e. The van der Waals surface area contributed by atoms with Gasteiger partial charge in [-0.1, -0.05) is 23.4 Å². The predicted molar refractivity (Wildman–Crippen MR) is 61.2 cm³/mol. The van der Waals surface area contributed by atoms with E-state index in [-0.39, 0.29) is 0 Å². The standard InChI is InChI=1S/C13H12N2O/c1-2-5-9-8(4-1)13-12-10(14-9)6-3-7-11(12)16-15-13/h1-2,4-5,10,14H,3,6-7H2/t10-/m0/s1. The molecule has 0 spiro atoms. The fourth-order valence-electron chi connectivity index (χ4n) is 2.82. The summed E-state index contributed by atoms with van der Waals surface area (Å²) in [5.74, 6) is 1.08. The number of nitrogens with zero attached hydrogens (tertiary/aromatic N) is 1. The summed E-state index contributed by atoms with van der Waals surface area (Å²) in [5.41, 5.74) is 4.70. The van der Waals surface area contributed by atoms with Crippen molar-refractivity contribution in [2.75, 3.05) is 5.32 Å². The zero-order chi connectivity index (χ0) is 10.5. The summed E-state index contributed by atoms with van der Waals surface area (Å²) < 4.78 is 5.46. The minimum absolute atomic E-state index is 0.403. The second-order valence-electron chi connectivity index (χ2n) is 4.50. The first-order valence-electron chi connectivity index (χ1n) is 5.78. The van der Waals surface area contributed by atoms with Gasteiger partial charge in [-0.05, 0) is 18.9 Å². The topological polar surface area (TPSA) is 38.1 Å². The smallest absolute Gasteiger partial charge is 0.142 e. The largest absolute Gasteiger partial charge is 0.377 e. The molecule has 4 rings (SSSR count). The molecule has 1 aliphatic heterocycles. The van der Waals surface area contributed by atoms with Crippen LogP contribution in [0.5, 0.6) is 0 Å². The van der Waals surface area contributed by atoms with Crippen LogP contribution in [0.4, 0.5) is 5.69 Å². The van der Waals surface area contributed by atoms with E-state index in [1.165, 1.54) is 29.7 Å². The molecule has 1 aromatic heterocycles. The highest BCUT2D eigenvalue weighted by Crippen LogP contribution is 2.45. The van der Waals surface area contributed by atoms with Gasteiger partial charge in [-0.25, -0.2) is 0 Å². The van der Waals surface area contributed by atoms with Crippen LogP contribution in [0.15, 0.2) is 28.8 Å². The molecular formula is C13H12N2O. The van der Waals surface area contributed by atoms with Crippen molar-refractivity contribution in [3.63, 3.8) is 0 Å². The van der Waals surface area contributed by atoms with E-state index < -0.39 is 0 Å². The number of fused-ring (bicyclic) bond motifs is 2. The van der Waals surface area contributed by atoms with E-state index in [1.807, 2.05) is 6.07 Å². The van der Waals surface area contributed by atoms with Gasteiger partial charge in [0.25, 0.3) is 0 Å². The van der Waals surface area contributed by atoms with Gasteiger partial charge in [0.15, 0.2) is 0 Å². The zero-order valence-electron chi connectivity index (χ0n) is 8.86. The molecule has 2 heterocycles. The Kier molecular flexibility index (Phi) is 1.51. The van der Waals surface area contributed by atoms with Crippen molar-refractivity contribution in [3.8, 4) is 11.3 Å². The molecule has 1 atom stereocenters. The van der Waals surface area contributed by atoms with E-state index >= 15 is 0 Å². The van der Waals surface area contributed by atoms with Gasteiger partial charge in [0.05, 0.1) is 6.04 Å². The molecule has 0 amide bonds. The Morgan fingerprint density at radius 1 is 1.31 bits per heavy atom. The Morgan fingerprint density at radius 3 is 3.25 bits per heavy atom. The molecule has 0 radical (unpaired) electrons. The van der Waals surface area contributed by atoms with Crippen molar-refractivity contribution < 1.29 is 4.52 Å². The number of anilines is 1. The fourth-order valence-corrected chi connectivity index (χ4v) is 2.82. The summed E-state index contributed by atoms with van der Waals surface area (Å²) >= 11 is 0. The summed E-state index contributed by atoms with van der Waals surface area (Å²) in [6.07, 6.45) is 3.39. The molecule has 0 fully saturated rings. The molecule has 1 N–H and O–H groups in total. The number of nitrogens with one attached hydrogen (secondary N) is 1. The highest BCUT2D eigenvalue weighted by molar-refractivity contribution is 5.81. The van der Waals surface area contributed by atoms with Crippen LogP contribution < -0.4 is 5.32 Å². The van der Waals surface area contributed by atoms with Crippen molar-refractivity contribution in [2.24, 2.45) is 0 Å². The number of hydrogen-bond acceptors (Lipinski definition) is 3. The number of benzene rings is 1. The van der Waals surface area contributed by atoms with Crippen molar-refractivity contribution >= 4 is 5.69 Å². The Hall–Kier alpha value is -1.77. The number of aromatic nitrogens is 1. The monoisotopic (exact) mass is 212 g/mol. The highest BCUT2D eigenvalue weighted by atomic mass is 16.5. The number of para-hydroxylation sites is 1. The van der Waals surface area contributed by atoms with Gasteiger partial charge in [0.2, 0.25) is 0 Å². The van der Waals surface area contributed by atoms with Gasteiger partial charge in [0.1, 0.15) is 11.5 Å². The third-order valence-corrected chi connectivity index (χ3v) is 3.56. The van der Waals surface area contributed by atoms with Crippen LogP contribution in [-0.2, 0) is 6.42 Å². The summed E-state index contributed by atoms with van der Waals surface area (Å²) in [5, 5.41) is 7.83. The van der Waals surface area contributed by atoms with Crippen molar-refractivity contribution in [3.05, 3.63) is 35.6 Å². The maximum absolute atomic E-state index is 5.46. The lowest BCUT2D eigenvalue weighted by Crippen LogP contribution is -2.20. The molecule has 3 heteroatoms. The van der Waals surface area contributed by atoms with Crippen molar-refractivity contribution in [1.29, 1.82) is 0 Å². The van der Waals surface area contributed by atoms with Crippen LogP contribution in [0.3, 0.4) is 0 Å². The van der Waals surface area contributed by atoms with Crippen LogP contribution in [0.2, 0.25) is 0 Å². The van der Waals surface area contributed by atoms with Crippen molar-refractivity contribution in [1.82, 2.24) is 5.16 Å². The SMILES string of the molecule is c1ccc2c(c1)N[C@H]1CCCc3onc-2c31. The lowest BCUT2D eigenvalue weighted by Gasteiger charge is -2.29. The van der Waals surface area contributed by atoms with Crippen LogP contribution in [0.1, 0.15) is 30.2 Å². The molecule has 0 unspecified atom stereocenters. The predicted octanol–water partition coefficient (Wildman–Crippen LogP) is 3.14. The summed E-state index contributed by atoms with van der Waals surface area (Å²) in [7, 11) is 0. The Morgan fingerprint density at radius 2 is 2.25 bits per heavy atom. The first-order chi connectivity index (χ1) is 7.93. The summed E-state index contributed by atoms with van der Waals surface area (Å²) in [4.78, 5) is 0. The third kappa shape index (κ3) is 0.953. The van der Waals surface area contributed by atoms with Crippen molar-refractivity contribution in [2.45, 2.75) is 25.3 Å². The van der Waals surface area contributed by atoms with Gasteiger partial charge >= 0.3 is 0 Å². The normalized spacial score (nSPS) is 20.9. The lowest BCUT2D eigenvalue weighted by molar-refractivity contribution is 0.369. The first-order valence-corrected chi connectivity index (χ1v) is 5.78. The van der Waals surface area contributed by atoms with Crippen LogP contribution in [-0.4, -0.2) is 5.16 Å². The molecule has 0 saturated heterocycles.